The van der Waals surface area contributed by atoms with E-state index in [0.29, 0.717) is 5.56 Å². The summed E-state index contributed by atoms with van der Waals surface area (Å²) in [5.74, 6) is -2.04. The van der Waals surface area contributed by atoms with Gasteiger partial charge in [0.25, 0.3) is 0 Å². The van der Waals surface area contributed by atoms with E-state index < -0.39 is 35.9 Å². The fraction of sp³-hybridized carbons (Fsp3) is 0.304. The summed E-state index contributed by atoms with van der Waals surface area (Å²) in [5.41, 5.74) is -0.445. The van der Waals surface area contributed by atoms with Gasteiger partial charge in [-0.05, 0) is 29.3 Å². The van der Waals surface area contributed by atoms with Crippen LogP contribution in [0.15, 0.2) is 60.7 Å². The Morgan fingerprint density at radius 3 is 2.35 bits per heavy atom. The second kappa shape index (κ2) is 9.74. The molecule has 0 amide bonds. The zero-order valence-electron chi connectivity index (χ0n) is 16.6. The van der Waals surface area contributed by atoms with E-state index in [0.717, 1.165) is 11.6 Å². The summed E-state index contributed by atoms with van der Waals surface area (Å²) in [4.78, 5) is 24.3. The molecule has 0 aromatic heterocycles. The molecule has 8 nitrogen and oxygen atoms in total. The number of aliphatic hydroxyl groups is 2. The number of carbonyl (C=O) groups is 2. The lowest BCUT2D eigenvalue weighted by Gasteiger charge is -2.41. The molecule has 8 heteroatoms. The number of carbonyl (C=O) groups excluding carboxylic acids is 1. The van der Waals surface area contributed by atoms with Crippen molar-refractivity contribution in [2.45, 2.75) is 43.4 Å². The first-order valence-corrected chi connectivity index (χ1v) is 9.74. The third-order valence-corrected chi connectivity index (χ3v) is 5.17. The maximum absolute atomic E-state index is 12.2. The van der Waals surface area contributed by atoms with Crippen molar-refractivity contribution in [2.75, 3.05) is 0 Å². The predicted octanol–water partition coefficient (Wildman–Crippen LogP) is 1.87. The third kappa shape index (κ3) is 5.69. The summed E-state index contributed by atoms with van der Waals surface area (Å²) >= 11 is 0. The average molecular weight is 428 g/mol. The molecule has 1 fully saturated rings. The molecule has 1 saturated carbocycles. The van der Waals surface area contributed by atoms with Gasteiger partial charge in [0.1, 0.15) is 18.0 Å². The third-order valence-electron chi connectivity index (χ3n) is 5.17. The lowest BCUT2D eigenvalue weighted by molar-refractivity contribution is -0.209. The normalized spacial score (nSPS) is 25.9. The van der Waals surface area contributed by atoms with Gasteiger partial charge >= 0.3 is 11.9 Å². The van der Waals surface area contributed by atoms with Crippen LogP contribution < -0.4 is 0 Å². The second-order valence-electron chi connectivity index (χ2n) is 7.44. The highest BCUT2D eigenvalue weighted by Crippen LogP contribution is 2.35. The zero-order chi connectivity index (χ0) is 22.4. The maximum Gasteiger partial charge on any atom is 0.336 e. The first-order chi connectivity index (χ1) is 14.8. The van der Waals surface area contributed by atoms with Crippen molar-refractivity contribution in [2.24, 2.45) is 0 Å². The second-order valence-corrected chi connectivity index (χ2v) is 7.44. The Morgan fingerprint density at radius 2 is 1.71 bits per heavy atom. The van der Waals surface area contributed by atoms with Crippen LogP contribution in [0.5, 0.6) is 5.75 Å². The summed E-state index contributed by atoms with van der Waals surface area (Å²) in [6, 6.07) is 15.0. The number of hydrogen-bond donors (Lipinski definition) is 4. The highest BCUT2D eigenvalue weighted by Gasteiger charge is 2.52. The highest BCUT2D eigenvalue weighted by molar-refractivity contribution is 5.87. The van der Waals surface area contributed by atoms with Gasteiger partial charge in [-0.2, -0.15) is 0 Å². The Morgan fingerprint density at radius 1 is 1.03 bits per heavy atom. The van der Waals surface area contributed by atoms with Gasteiger partial charge in [-0.3, -0.25) is 0 Å². The van der Waals surface area contributed by atoms with E-state index in [1.807, 2.05) is 6.07 Å². The van der Waals surface area contributed by atoms with Gasteiger partial charge in [-0.15, -0.1) is 0 Å². The van der Waals surface area contributed by atoms with Gasteiger partial charge in [0, 0.05) is 18.9 Å². The lowest BCUT2D eigenvalue weighted by Crippen LogP contribution is -2.58. The van der Waals surface area contributed by atoms with Crippen molar-refractivity contribution in [1.29, 1.82) is 0 Å². The Balaban J connectivity index is 1.70. The molecule has 0 spiro atoms. The van der Waals surface area contributed by atoms with Gasteiger partial charge in [-0.25, -0.2) is 9.59 Å². The number of ether oxygens (including phenoxy) is 2. The number of aliphatic carboxylic acids is 1. The summed E-state index contributed by atoms with van der Waals surface area (Å²) in [7, 11) is 0. The molecule has 0 bridgehead atoms. The van der Waals surface area contributed by atoms with Crippen molar-refractivity contribution < 1.29 is 39.5 Å². The number of phenols is 1. The van der Waals surface area contributed by atoms with Crippen LogP contribution in [-0.4, -0.2) is 56.3 Å². The van der Waals surface area contributed by atoms with Gasteiger partial charge in [0.05, 0.1) is 12.7 Å². The number of hydrogen-bond acceptors (Lipinski definition) is 7. The number of aliphatic hydroxyl groups excluding tert-OH is 2. The first-order valence-electron chi connectivity index (χ1n) is 9.74. The number of carboxylic acid groups (broad SMARTS) is 1. The molecular formula is C23H24O8. The molecule has 1 aliphatic rings. The molecule has 164 valence electrons. The van der Waals surface area contributed by atoms with Gasteiger partial charge in [0.2, 0.25) is 0 Å². The monoisotopic (exact) mass is 428 g/mol. The lowest BCUT2D eigenvalue weighted by atomic mass is 9.79. The van der Waals surface area contributed by atoms with Crippen LogP contribution in [0, 0.1) is 0 Å². The van der Waals surface area contributed by atoms with Crippen molar-refractivity contribution in [3.05, 3.63) is 71.8 Å². The molecule has 0 radical (unpaired) electrons. The van der Waals surface area contributed by atoms with E-state index in [9.17, 15) is 30.0 Å². The fourth-order valence-electron chi connectivity index (χ4n) is 3.43. The SMILES string of the molecule is O=C(C=Cc1ccc(O)cc1)O[C@@H]1C[C@](OCc2ccccc2)(C(=O)O)C[C@H](O)[C@H]1O. The smallest absolute Gasteiger partial charge is 0.336 e. The number of phenolic OH excluding ortho intramolecular Hbond substituents is 1. The van der Waals surface area contributed by atoms with Crippen LogP contribution in [0.4, 0.5) is 0 Å². The predicted molar refractivity (Wildman–Crippen MR) is 110 cm³/mol. The Labute approximate surface area is 179 Å². The van der Waals surface area contributed by atoms with Crippen LogP contribution in [0.25, 0.3) is 6.08 Å². The van der Waals surface area contributed by atoms with Gasteiger partial charge in [-0.1, -0.05) is 42.5 Å². The molecular weight excluding hydrogens is 404 g/mol. The van der Waals surface area contributed by atoms with Crippen molar-refractivity contribution in [3.8, 4) is 5.75 Å². The first kappa shape index (κ1) is 22.5. The van der Waals surface area contributed by atoms with Gasteiger partial charge < -0.3 is 29.9 Å². The van der Waals surface area contributed by atoms with Gasteiger partial charge in [0.15, 0.2) is 5.60 Å². The molecule has 2 aromatic carbocycles. The van der Waals surface area contributed by atoms with Crippen molar-refractivity contribution in [3.63, 3.8) is 0 Å². The van der Waals surface area contributed by atoms with Crippen LogP contribution in [0.2, 0.25) is 0 Å². The minimum atomic E-state index is -1.82. The molecule has 4 atom stereocenters. The molecule has 0 heterocycles. The van der Waals surface area contributed by atoms with Crippen LogP contribution in [0.3, 0.4) is 0 Å². The number of benzene rings is 2. The number of esters is 1. The average Bonchev–Trinajstić information content (AvgIpc) is 2.76. The van der Waals surface area contributed by atoms with Crippen molar-refractivity contribution in [1.82, 2.24) is 0 Å². The molecule has 0 unspecified atom stereocenters. The molecule has 0 aliphatic heterocycles. The minimum Gasteiger partial charge on any atom is -0.508 e. The summed E-state index contributed by atoms with van der Waals surface area (Å²) in [6.45, 7) is -0.0165. The van der Waals surface area contributed by atoms with E-state index in [-0.39, 0.29) is 25.2 Å². The van der Waals surface area contributed by atoms with E-state index in [4.69, 9.17) is 9.47 Å². The molecule has 1 aliphatic carbocycles. The van der Waals surface area contributed by atoms with E-state index in [1.54, 1.807) is 36.4 Å². The van der Waals surface area contributed by atoms with Crippen LogP contribution in [-0.2, 0) is 25.7 Å². The quantitative estimate of drug-likeness (QED) is 0.388. The topological polar surface area (TPSA) is 134 Å². The van der Waals surface area contributed by atoms with E-state index in [1.165, 1.54) is 18.2 Å². The fourth-order valence-corrected chi connectivity index (χ4v) is 3.43. The van der Waals surface area contributed by atoms with Crippen LogP contribution >= 0.6 is 0 Å². The standard InChI is InChI=1S/C23H24O8/c24-17-9-6-15(7-10-17)8-11-20(26)31-19-13-23(22(28)29,12-18(25)21(19)27)30-14-16-4-2-1-3-5-16/h1-11,18-19,21,24-25,27H,12-14H2,(H,28,29)/t18-,19+,21+,23-/m0/s1. The Bertz CT molecular complexity index is 924. The largest absolute Gasteiger partial charge is 0.508 e. The Kier molecular flexibility index (Phi) is 7.06. The molecule has 4 N–H and O–H groups in total. The Hall–Kier alpha value is -3.20. The summed E-state index contributed by atoms with van der Waals surface area (Å²) in [6.07, 6.45) is -2.25. The van der Waals surface area contributed by atoms with E-state index >= 15 is 0 Å². The number of aromatic hydroxyl groups is 1. The molecule has 3 rings (SSSR count). The molecule has 2 aromatic rings. The maximum atomic E-state index is 12.2. The molecule has 31 heavy (non-hydrogen) atoms. The number of carboxylic acids is 1. The minimum absolute atomic E-state index is 0.0165. The van der Waals surface area contributed by atoms with Crippen LogP contribution in [0.1, 0.15) is 24.0 Å². The summed E-state index contributed by atoms with van der Waals surface area (Å²) < 4.78 is 10.9. The zero-order valence-corrected chi connectivity index (χ0v) is 16.6. The molecule has 0 saturated heterocycles. The number of rotatable bonds is 7. The highest BCUT2D eigenvalue weighted by atomic mass is 16.6. The van der Waals surface area contributed by atoms with Crippen molar-refractivity contribution >= 4 is 18.0 Å². The van der Waals surface area contributed by atoms with E-state index in [2.05, 4.69) is 0 Å². The summed E-state index contributed by atoms with van der Waals surface area (Å²) in [5, 5.41) is 39.6.